The third-order valence-electron chi connectivity index (χ3n) is 3.06. The third kappa shape index (κ3) is 5.82. The van der Waals surface area contributed by atoms with Crippen LogP contribution in [-0.2, 0) is 12.3 Å². The molecule has 0 aliphatic rings. The van der Waals surface area contributed by atoms with E-state index < -0.39 is 0 Å². The Kier molecular flexibility index (Phi) is 5.32. The van der Waals surface area contributed by atoms with E-state index >= 15 is 0 Å². The van der Waals surface area contributed by atoms with Gasteiger partial charge in [-0.2, -0.15) is 0 Å². The van der Waals surface area contributed by atoms with E-state index in [0.717, 1.165) is 12.3 Å². The van der Waals surface area contributed by atoms with Crippen LogP contribution >= 0.6 is 11.8 Å². The molecule has 112 valence electrons. The monoisotopic (exact) mass is 301 g/mol. The molecule has 0 saturated carbocycles. The van der Waals surface area contributed by atoms with Gasteiger partial charge in [-0.15, -0.1) is 11.8 Å². The SMILES string of the molecule is CC(C)(C)NCc1cccc(SCc2ccc(O)cc2)c1. The van der Waals surface area contributed by atoms with Crippen molar-refractivity contribution in [2.24, 2.45) is 0 Å². The summed E-state index contributed by atoms with van der Waals surface area (Å²) in [6.07, 6.45) is 0. The summed E-state index contributed by atoms with van der Waals surface area (Å²) >= 11 is 1.82. The predicted molar refractivity (Wildman–Crippen MR) is 90.7 cm³/mol. The molecule has 0 unspecified atom stereocenters. The average molecular weight is 301 g/mol. The van der Waals surface area contributed by atoms with Gasteiger partial charge in [-0.25, -0.2) is 0 Å². The van der Waals surface area contributed by atoms with Gasteiger partial charge < -0.3 is 10.4 Å². The summed E-state index contributed by atoms with van der Waals surface area (Å²) < 4.78 is 0. The van der Waals surface area contributed by atoms with Gasteiger partial charge in [0.25, 0.3) is 0 Å². The van der Waals surface area contributed by atoms with Gasteiger partial charge in [0.1, 0.15) is 5.75 Å². The molecule has 2 aromatic carbocycles. The van der Waals surface area contributed by atoms with Crippen molar-refractivity contribution in [2.75, 3.05) is 0 Å². The molecule has 0 aliphatic carbocycles. The molecule has 2 nitrogen and oxygen atoms in total. The molecule has 0 atom stereocenters. The minimum absolute atomic E-state index is 0.134. The highest BCUT2D eigenvalue weighted by atomic mass is 32.2. The lowest BCUT2D eigenvalue weighted by Gasteiger charge is -2.20. The molecule has 0 aliphatic heterocycles. The van der Waals surface area contributed by atoms with Crippen molar-refractivity contribution in [2.45, 2.75) is 43.5 Å². The topological polar surface area (TPSA) is 32.3 Å². The summed E-state index contributed by atoms with van der Waals surface area (Å²) in [6.45, 7) is 7.42. The van der Waals surface area contributed by atoms with E-state index in [1.165, 1.54) is 16.0 Å². The van der Waals surface area contributed by atoms with Crippen LogP contribution in [0.5, 0.6) is 5.75 Å². The number of nitrogens with one attached hydrogen (secondary N) is 1. The molecular weight excluding hydrogens is 278 g/mol. The Hall–Kier alpha value is -1.45. The zero-order valence-electron chi connectivity index (χ0n) is 12.9. The summed E-state index contributed by atoms with van der Waals surface area (Å²) in [4.78, 5) is 1.27. The normalized spacial score (nSPS) is 11.6. The van der Waals surface area contributed by atoms with Crippen molar-refractivity contribution in [3.8, 4) is 5.75 Å². The second-order valence-electron chi connectivity index (χ2n) is 6.21. The molecule has 2 rings (SSSR count). The van der Waals surface area contributed by atoms with Gasteiger partial charge in [0.05, 0.1) is 0 Å². The smallest absolute Gasteiger partial charge is 0.115 e. The van der Waals surface area contributed by atoms with Crippen LogP contribution < -0.4 is 5.32 Å². The maximum atomic E-state index is 9.29. The average Bonchev–Trinajstić information content (AvgIpc) is 2.44. The van der Waals surface area contributed by atoms with E-state index in [2.05, 4.69) is 50.4 Å². The van der Waals surface area contributed by atoms with E-state index in [-0.39, 0.29) is 5.54 Å². The number of phenolic OH excluding ortho intramolecular Hbond substituents is 1. The summed E-state index contributed by atoms with van der Waals surface area (Å²) in [6, 6.07) is 16.1. The van der Waals surface area contributed by atoms with Crippen LogP contribution in [0.25, 0.3) is 0 Å². The number of aromatic hydroxyl groups is 1. The summed E-state index contributed by atoms with van der Waals surface area (Å²) in [5.41, 5.74) is 2.66. The van der Waals surface area contributed by atoms with Gasteiger partial charge in [0.2, 0.25) is 0 Å². The molecule has 0 heterocycles. The Morgan fingerprint density at radius 1 is 1.00 bits per heavy atom. The van der Waals surface area contributed by atoms with E-state index in [0.29, 0.717) is 5.75 Å². The van der Waals surface area contributed by atoms with Crippen LogP contribution in [0.4, 0.5) is 0 Å². The number of rotatable bonds is 5. The number of benzene rings is 2. The first-order chi connectivity index (χ1) is 9.92. The molecule has 2 N–H and O–H groups in total. The largest absolute Gasteiger partial charge is 0.508 e. The standard InChI is InChI=1S/C18H23NOS/c1-18(2,3)19-12-15-5-4-6-17(11-15)21-13-14-7-9-16(20)10-8-14/h4-11,19-20H,12-13H2,1-3H3. The number of hydrogen-bond acceptors (Lipinski definition) is 3. The van der Waals surface area contributed by atoms with Crippen molar-refractivity contribution >= 4 is 11.8 Å². The maximum absolute atomic E-state index is 9.29. The van der Waals surface area contributed by atoms with E-state index in [4.69, 9.17) is 0 Å². The highest BCUT2D eigenvalue weighted by Crippen LogP contribution is 2.24. The Balaban J connectivity index is 1.93. The molecular formula is C18H23NOS. The third-order valence-corrected chi connectivity index (χ3v) is 4.13. The molecule has 3 heteroatoms. The molecule has 0 aromatic heterocycles. The Labute approximate surface area is 131 Å². The van der Waals surface area contributed by atoms with Gasteiger partial charge in [-0.3, -0.25) is 0 Å². The molecule has 0 amide bonds. The highest BCUT2D eigenvalue weighted by molar-refractivity contribution is 7.98. The molecule has 0 radical (unpaired) electrons. The molecule has 21 heavy (non-hydrogen) atoms. The van der Waals surface area contributed by atoms with Crippen LogP contribution in [0.2, 0.25) is 0 Å². The van der Waals surface area contributed by atoms with Crippen LogP contribution in [-0.4, -0.2) is 10.6 Å². The van der Waals surface area contributed by atoms with Crippen LogP contribution in [0.3, 0.4) is 0 Å². The van der Waals surface area contributed by atoms with Gasteiger partial charge in [0.15, 0.2) is 0 Å². The van der Waals surface area contributed by atoms with Crippen LogP contribution in [0, 0.1) is 0 Å². The highest BCUT2D eigenvalue weighted by Gasteiger charge is 2.08. The first-order valence-electron chi connectivity index (χ1n) is 7.17. The quantitative estimate of drug-likeness (QED) is 0.793. The minimum atomic E-state index is 0.134. The zero-order chi connectivity index (χ0) is 15.3. The fourth-order valence-corrected chi connectivity index (χ4v) is 2.81. The van der Waals surface area contributed by atoms with Crippen molar-refractivity contribution in [3.05, 3.63) is 59.7 Å². The molecule has 2 aromatic rings. The predicted octanol–water partition coefficient (Wildman–Crippen LogP) is 4.57. The molecule has 0 spiro atoms. The van der Waals surface area contributed by atoms with Crippen molar-refractivity contribution in [3.63, 3.8) is 0 Å². The molecule has 0 fully saturated rings. The minimum Gasteiger partial charge on any atom is -0.508 e. The lowest BCUT2D eigenvalue weighted by molar-refractivity contribution is 0.424. The van der Waals surface area contributed by atoms with E-state index in [9.17, 15) is 5.11 Å². The lowest BCUT2D eigenvalue weighted by atomic mass is 10.1. The van der Waals surface area contributed by atoms with Gasteiger partial charge >= 0.3 is 0 Å². The Bertz CT molecular complexity index is 573. The number of hydrogen-bond donors (Lipinski definition) is 2. The van der Waals surface area contributed by atoms with Crippen LogP contribution in [0.15, 0.2) is 53.4 Å². The van der Waals surface area contributed by atoms with Crippen LogP contribution in [0.1, 0.15) is 31.9 Å². The van der Waals surface area contributed by atoms with Crippen molar-refractivity contribution in [1.29, 1.82) is 0 Å². The first kappa shape index (κ1) is 15.9. The number of phenols is 1. The Morgan fingerprint density at radius 2 is 1.71 bits per heavy atom. The van der Waals surface area contributed by atoms with E-state index in [1.807, 2.05) is 23.9 Å². The van der Waals surface area contributed by atoms with Crippen molar-refractivity contribution in [1.82, 2.24) is 5.32 Å². The van der Waals surface area contributed by atoms with E-state index in [1.54, 1.807) is 12.1 Å². The first-order valence-corrected chi connectivity index (χ1v) is 8.16. The Morgan fingerprint density at radius 3 is 2.38 bits per heavy atom. The maximum Gasteiger partial charge on any atom is 0.115 e. The second kappa shape index (κ2) is 7.01. The summed E-state index contributed by atoms with van der Waals surface area (Å²) in [5.74, 6) is 1.23. The lowest BCUT2D eigenvalue weighted by Crippen LogP contribution is -2.35. The van der Waals surface area contributed by atoms with Gasteiger partial charge in [-0.05, 0) is 56.2 Å². The summed E-state index contributed by atoms with van der Waals surface area (Å²) in [7, 11) is 0. The molecule has 0 saturated heterocycles. The fourth-order valence-electron chi connectivity index (χ4n) is 1.87. The second-order valence-corrected chi connectivity index (χ2v) is 7.25. The summed E-state index contributed by atoms with van der Waals surface area (Å²) in [5, 5.41) is 12.8. The van der Waals surface area contributed by atoms with Gasteiger partial charge in [0, 0.05) is 22.7 Å². The number of thioether (sulfide) groups is 1. The molecule has 0 bridgehead atoms. The fraction of sp³-hybridized carbons (Fsp3) is 0.333. The van der Waals surface area contributed by atoms with Crippen molar-refractivity contribution < 1.29 is 5.11 Å². The van der Waals surface area contributed by atoms with Gasteiger partial charge in [-0.1, -0.05) is 24.3 Å². The zero-order valence-corrected chi connectivity index (χ0v) is 13.7.